The predicted octanol–water partition coefficient (Wildman–Crippen LogP) is 1.55. The van der Waals surface area contributed by atoms with E-state index in [1.54, 1.807) is 0 Å². The fourth-order valence-corrected chi connectivity index (χ4v) is 1.28. The second-order valence-electron chi connectivity index (χ2n) is 4.36. The molecule has 0 amide bonds. The van der Waals surface area contributed by atoms with Gasteiger partial charge >= 0.3 is 0 Å². The minimum Gasteiger partial charge on any atom is -0.366 e. The van der Waals surface area contributed by atoms with Crippen LogP contribution in [0.2, 0.25) is 0 Å². The van der Waals surface area contributed by atoms with E-state index in [1.807, 2.05) is 12.1 Å². The molecule has 1 aromatic heterocycles. The lowest BCUT2D eigenvalue weighted by atomic mass is 10.3. The summed E-state index contributed by atoms with van der Waals surface area (Å²) in [5.41, 5.74) is 0.991. The Kier molecular flexibility index (Phi) is 3.16. The van der Waals surface area contributed by atoms with Gasteiger partial charge < -0.3 is 10.6 Å². The lowest BCUT2D eigenvalue weighted by molar-refractivity contribution is 0.577. The zero-order valence-electron chi connectivity index (χ0n) is 9.33. The zero-order valence-corrected chi connectivity index (χ0v) is 9.33. The molecule has 0 aliphatic heterocycles. The molecule has 2 N–H and O–H groups in total. The zero-order chi connectivity index (χ0) is 10.7. The molecule has 0 aromatic carbocycles. The third-order valence-electron chi connectivity index (χ3n) is 2.34. The Morgan fingerprint density at radius 3 is 2.67 bits per heavy atom. The highest BCUT2D eigenvalue weighted by Gasteiger charge is 2.21. The Balaban J connectivity index is 1.85. The van der Waals surface area contributed by atoms with Crippen LogP contribution < -0.4 is 10.6 Å². The molecular formula is C11H18N4. The van der Waals surface area contributed by atoms with Crippen molar-refractivity contribution in [2.75, 3.05) is 5.32 Å². The van der Waals surface area contributed by atoms with Crippen LogP contribution in [0.15, 0.2) is 12.1 Å². The van der Waals surface area contributed by atoms with Gasteiger partial charge in [-0.25, -0.2) is 0 Å². The molecule has 0 radical (unpaired) electrons. The Bertz CT molecular complexity index is 303. The van der Waals surface area contributed by atoms with E-state index in [-0.39, 0.29) is 0 Å². The van der Waals surface area contributed by atoms with E-state index in [9.17, 15) is 0 Å². The summed E-state index contributed by atoms with van der Waals surface area (Å²) in [6.07, 6.45) is 2.52. The summed E-state index contributed by atoms with van der Waals surface area (Å²) >= 11 is 0. The molecule has 1 fully saturated rings. The van der Waals surface area contributed by atoms with Gasteiger partial charge in [0.05, 0.1) is 5.69 Å². The van der Waals surface area contributed by atoms with Gasteiger partial charge in [-0.2, -0.15) is 5.10 Å². The van der Waals surface area contributed by atoms with Crippen molar-refractivity contribution in [2.24, 2.45) is 0 Å². The molecule has 1 aliphatic rings. The van der Waals surface area contributed by atoms with Crippen molar-refractivity contribution in [3.05, 3.63) is 17.8 Å². The fourth-order valence-electron chi connectivity index (χ4n) is 1.28. The first-order chi connectivity index (χ1) is 7.24. The summed E-state index contributed by atoms with van der Waals surface area (Å²) in [7, 11) is 0. The van der Waals surface area contributed by atoms with Crippen molar-refractivity contribution in [3.63, 3.8) is 0 Å². The second-order valence-corrected chi connectivity index (χ2v) is 4.36. The molecule has 1 saturated carbocycles. The van der Waals surface area contributed by atoms with Gasteiger partial charge in [0.2, 0.25) is 0 Å². The van der Waals surface area contributed by atoms with E-state index in [2.05, 4.69) is 34.7 Å². The van der Waals surface area contributed by atoms with E-state index in [1.165, 1.54) is 12.8 Å². The van der Waals surface area contributed by atoms with Crippen LogP contribution in [-0.4, -0.2) is 22.3 Å². The quantitative estimate of drug-likeness (QED) is 0.767. The fraction of sp³-hybridized carbons (Fsp3) is 0.636. The number of nitrogens with zero attached hydrogens (tertiary/aromatic N) is 2. The largest absolute Gasteiger partial charge is 0.366 e. The van der Waals surface area contributed by atoms with Crippen LogP contribution in [0.4, 0.5) is 5.82 Å². The average molecular weight is 206 g/mol. The molecule has 82 valence electrons. The first-order valence-electron chi connectivity index (χ1n) is 5.56. The highest BCUT2D eigenvalue weighted by Crippen LogP contribution is 2.23. The minimum absolute atomic E-state index is 0.482. The first kappa shape index (κ1) is 10.4. The number of nitrogens with one attached hydrogen (secondary N) is 2. The molecule has 0 saturated heterocycles. The third-order valence-corrected chi connectivity index (χ3v) is 2.34. The molecule has 0 atom stereocenters. The molecule has 15 heavy (non-hydrogen) atoms. The lowest BCUT2D eigenvalue weighted by Gasteiger charge is -2.07. The number of anilines is 1. The van der Waals surface area contributed by atoms with E-state index in [0.29, 0.717) is 12.1 Å². The van der Waals surface area contributed by atoms with Crippen molar-refractivity contribution in [3.8, 4) is 0 Å². The lowest BCUT2D eigenvalue weighted by Crippen LogP contribution is -2.22. The van der Waals surface area contributed by atoms with Crippen molar-refractivity contribution < 1.29 is 0 Å². The predicted molar refractivity (Wildman–Crippen MR) is 60.7 cm³/mol. The van der Waals surface area contributed by atoms with Crippen LogP contribution in [0.25, 0.3) is 0 Å². The Morgan fingerprint density at radius 2 is 2.13 bits per heavy atom. The minimum atomic E-state index is 0.482. The maximum atomic E-state index is 4.16. The first-order valence-corrected chi connectivity index (χ1v) is 5.56. The van der Waals surface area contributed by atoms with Crippen molar-refractivity contribution in [1.29, 1.82) is 0 Å². The van der Waals surface area contributed by atoms with Crippen molar-refractivity contribution in [2.45, 2.75) is 45.3 Å². The van der Waals surface area contributed by atoms with Crippen molar-refractivity contribution >= 4 is 5.82 Å². The number of aromatic nitrogens is 2. The van der Waals surface area contributed by atoms with Crippen LogP contribution in [0.1, 0.15) is 32.4 Å². The van der Waals surface area contributed by atoms with E-state index in [0.717, 1.165) is 18.1 Å². The van der Waals surface area contributed by atoms with Crippen LogP contribution in [0, 0.1) is 0 Å². The summed E-state index contributed by atoms with van der Waals surface area (Å²) in [5.74, 6) is 0.894. The smallest absolute Gasteiger partial charge is 0.148 e. The monoisotopic (exact) mass is 206 g/mol. The maximum absolute atomic E-state index is 4.16. The number of rotatable bonds is 5. The third kappa shape index (κ3) is 3.47. The van der Waals surface area contributed by atoms with E-state index >= 15 is 0 Å². The van der Waals surface area contributed by atoms with Gasteiger partial charge in [-0.3, -0.25) is 0 Å². The number of hydrogen-bond acceptors (Lipinski definition) is 4. The SMILES string of the molecule is CC(C)NCc1ccc(NC2CC2)nn1. The van der Waals surface area contributed by atoms with E-state index in [4.69, 9.17) is 0 Å². The molecular weight excluding hydrogens is 188 g/mol. The topological polar surface area (TPSA) is 49.8 Å². The highest BCUT2D eigenvalue weighted by molar-refractivity contribution is 5.35. The average Bonchev–Trinajstić information content (AvgIpc) is 3.01. The van der Waals surface area contributed by atoms with E-state index < -0.39 is 0 Å². The summed E-state index contributed by atoms with van der Waals surface area (Å²) in [4.78, 5) is 0. The normalized spacial score (nSPS) is 15.7. The van der Waals surface area contributed by atoms with Gasteiger partial charge in [0.25, 0.3) is 0 Å². The van der Waals surface area contributed by atoms with Gasteiger partial charge in [0, 0.05) is 18.6 Å². The number of hydrogen-bond donors (Lipinski definition) is 2. The van der Waals surface area contributed by atoms with Crippen LogP contribution >= 0.6 is 0 Å². The highest BCUT2D eigenvalue weighted by atomic mass is 15.2. The summed E-state index contributed by atoms with van der Waals surface area (Å²) in [6.45, 7) is 5.03. The van der Waals surface area contributed by atoms with Crippen molar-refractivity contribution in [1.82, 2.24) is 15.5 Å². The molecule has 0 bridgehead atoms. The molecule has 1 heterocycles. The standard InChI is InChI=1S/C11H18N4/c1-8(2)12-7-10-5-6-11(15-14-10)13-9-3-4-9/h5-6,8-9,12H,3-4,7H2,1-2H3,(H,13,15). The molecule has 0 spiro atoms. The summed E-state index contributed by atoms with van der Waals surface area (Å²) in [5, 5.41) is 14.9. The molecule has 0 unspecified atom stereocenters. The van der Waals surface area contributed by atoms with Crippen LogP contribution in [0.5, 0.6) is 0 Å². The molecule has 1 aromatic rings. The summed E-state index contributed by atoms with van der Waals surface area (Å²) in [6, 6.07) is 5.14. The van der Waals surface area contributed by atoms with Gasteiger partial charge in [-0.1, -0.05) is 13.8 Å². The molecule has 4 nitrogen and oxygen atoms in total. The Morgan fingerprint density at radius 1 is 1.33 bits per heavy atom. The molecule has 2 rings (SSSR count). The Labute approximate surface area is 90.5 Å². The summed E-state index contributed by atoms with van der Waals surface area (Å²) < 4.78 is 0. The van der Waals surface area contributed by atoms with Crippen LogP contribution in [0.3, 0.4) is 0 Å². The van der Waals surface area contributed by atoms with Gasteiger partial charge in [0.1, 0.15) is 5.82 Å². The van der Waals surface area contributed by atoms with Gasteiger partial charge in [0.15, 0.2) is 0 Å². The van der Waals surface area contributed by atoms with Crippen LogP contribution in [-0.2, 0) is 6.54 Å². The molecule has 1 aliphatic carbocycles. The maximum Gasteiger partial charge on any atom is 0.148 e. The Hall–Kier alpha value is -1.16. The van der Waals surface area contributed by atoms with Gasteiger partial charge in [-0.05, 0) is 25.0 Å². The second kappa shape index (κ2) is 4.57. The van der Waals surface area contributed by atoms with Gasteiger partial charge in [-0.15, -0.1) is 5.10 Å². The molecule has 4 heteroatoms.